The zero-order valence-corrected chi connectivity index (χ0v) is 13.5. The van der Waals surface area contributed by atoms with Crippen molar-refractivity contribution >= 4 is 0 Å². The van der Waals surface area contributed by atoms with Crippen molar-refractivity contribution in [3.63, 3.8) is 0 Å². The quantitative estimate of drug-likeness (QED) is 0.704. The van der Waals surface area contributed by atoms with E-state index in [0.717, 1.165) is 24.7 Å². The van der Waals surface area contributed by atoms with Crippen LogP contribution in [0.15, 0.2) is 24.3 Å². The van der Waals surface area contributed by atoms with Gasteiger partial charge in [-0.3, -0.25) is 0 Å². The molecule has 1 saturated carbocycles. The summed E-state index contributed by atoms with van der Waals surface area (Å²) in [6.07, 6.45) is 12.1. The molecule has 1 aliphatic carbocycles. The minimum absolute atomic E-state index is 0.219. The van der Waals surface area contributed by atoms with Crippen LogP contribution in [0.3, 0.4) is 0 Å². The van der Waals surface area contributed by atoms with Crippen LogP contribution in [-0.2, 0) is 6.42 Å². The van der Waals surface area contributed by atoms with Gasteiger partial charge in [0.1, 0.15) is 5.75 Å². The van der Waals surface area contributed by atoms with Crippen LogP contribution < -0.4 is 10.5 Å². The smallest absolute Gasteiger partial charge is 0.119 e. The number of rotatable bonds is 8. The van der Waals surface area contributed by atoms with Gasteiger partial charge in [-0.05, 0) is 49.8 Å². The highest BCUT2D eigenvalue weighted by molar-refractivity contribution is 5.27. The van der Waals surface area contributed by atoms with E-state index in [1.165, 1.54) is 56.9 Å². The molecule has 1 atom stereocenters. The Labute approximate surface area is 130 Å². The summed E-state index contributed by atoms with van der Waals surface area (Å²) in [5.74, 6) is 1.98. The lowest BCUT2D eigenvalue weighted by molar-refractivity contribution is 0.283. The van der Waals surface area contributed by atoms with Gasteiger partial charge in [0.2, 0.25) is 0 Å². The predicted molar refractivity (Wildman–Crippen MR) is 89.7 cm³/mol. The third-order valence-corrected chi connectivity index (χ3v) is 4.48. The Hall–Kier alpha value is -1.02. The van der Waals surface area contributed by atoms with Gasteiger partial charge >= 0.3 is 0 Å². The van der Waals surface area contributed by atoms with Gasteiger partial charge in [0.05, 0.1) is 6.61 Å². The number of nitrogens with two attached hydrogens (primary N) is 1. The molecule has 2 N–H and O–H groups in total. The van der Waals surface area contributed by atoms with E-state index in [2.05, 4.69) is 24.3 Å². The standard InChI is InChI=1S/C19H31NO/c1-16(20)15-18-10-12-19(13-11-18)21-14-6-5-9-17-7-3-2-4-8-17/h10-13,16-17H,2-9,14-15,20H2,1H3. The molecular formula is C19H31NO. The summed E-state index contributed by atoms with van der Waals surface area (Å²) in [6.45, 7) is 2.89. The Morgan fingerprint density at radius 2 is 1.81 bits per heavy atom. The molecule has 0 saturated heterocycles. The van der Waals surface area contributed by atoms with Crippen LogP contribution >= 0.6 is 0 Å². The summed E-state index contributed by atoms with van der Waals surface area (Å²) in [5, 5.41) is 0. The van der Waals surface area contributed by atoms with Crippen molar-refractivity contribution in [2.45, 2.75) is 70.8 Å². The maximum atomic E-state index is 5.82. The number of hydrogen-bond donors (Lipinski definition) is 1. The van der Waals surface area contributed by atoms with Gasteiger partial charge in [-0.2, -0.15) is 0 Å². The Kier molecular flexibility index (Phi) is 7.08. The van der Waals surface area contributed by atoms with Crippen molar-refractivity contribution < 1.29 is 4.74 Å². The van der Waals surface area contributed by atoms with Gasteiger partial charge in [0.25, 0.3) is 0 Å². The lowest BCUT2D eigenvalue weighted by atomic mass is 9.86. The molecule has 1 fully saturated rings. The molecule has 21 heavy (non-hydrogen) atoms. The molecule has 0 amide bonds. The summed E-state index contributed by atoms with van der Waals surface area (Å²) >= 11 is 0. The third kappa shape index (κ3) is 6.52. The summed E-state index contributed by atoms with van der Waals surface area (Å²) in [7, 11) is 0. The first-order valence-electron chi connectivity index (χ1n) is 8.71. The number of hydrogen-bond acceptors (Lipinski definition) is 2. The van der Waals surface area contributed by atoms with Crippen molar-refractivity contribution in [2.24, 2.45) is 11.7 Å². The molecule has 0 spiro atoms. The second-order valence-corrected chi connectivity index (χ2v) is 6.67. The minimum Gasteiger partial charge on any atom is -0.494 e. The van der Waals surface area contributed by atoms with E-state index in [1.54, 1.807) is 0 Å². The molecule has 0 aliphatic heterocycles. The van der Waals surface area contributed by atoms with Crippen LogP contribution in [0.4, 0.5) is 0 Å². The first kappa shape index (κ1) is 16.4. The average Bonchev–Trinajstić information content (AvgIpc) is 2.49. The van der Waals surface area contributed by atoms with E-state index >= 15 is 0 Å². The summed E-state index contributed by atoms with van der Waals surface area (Å²) in [6, 6.07) is 8.61. The van der Waals surface area contributed by atoms with Crippen molar-refractivity contribution in [3.8, 4) is 5.75 Å². The van der Waals surface area contributed by atoms with Crippen LogP contribution in [0, 0.1) is 5.92 Å². The van der Waals surface area contributed by atoms with Gasteiger partial charge in [-0.25, -0.2) is 0 Å². The van der Waals surface area contributed by atoms with E-state index in [4.69, 9.17) is 10.5 Å². The lowest BCUT2D eigenvalue weighted by Crippen LogP contribution is -2.17. The maximum Gasteiger partial charge on any atom is 0.119 e. The minimum atomic E-state index is 0.219. The second kappa shape index (κ2) is 9.09. The number of benzene rings is 1. The van der Waals surface area contributed by atoms with Gasteiger partial charge in [-0.15, -0.1) is 0 Å². The molecule has 1 aliphatic rings. The predicted octanol–water partition coefficient (Wildman–Crippen LogP) is 4.71. The normalized spacial score (nSPS) is 17.6. The Morgan fingerprint density at radius 1 is 1.10 bits per heavy atom. The molecule has 0 radical (unpaired) electrons. The van der Waals surface area contributed by atoms with Gasteiger partial charge in [0, 0.05) is 6.04 Å². The summed E-state index contributed by atoms with van der Waals surface area (Å²) in [5.41, 5.74) is 7.09. The second-order valence-electron chi connectivity index (χ2n) is 6.67. The van der Waals surface area contributed by atoms with Crippen molar-refractivity contribution in [2.75, 3.05) is 6.61 Å². The van der Waals surface area contributed by atoms with E-state index in [9.17, 15) is 0 Å². The van der Waals surface area contributed by atoms with E-state index in [-0.39, 0.29) is 6.04 Å². The Morgan fingerprint density at radius 3 is 2.48 bits per heavy atom. The van der Waals surface area contributed by atoms with E-state index in [1.807, 2.05) is 6.92 Å². The van der Waals surface area contributed by atoms with Crippen LogP contribution in [-0.4, -0.2) is 12.6 Å². The fourth-order valence-electron chi connectivity index (χ4n) is 3.29. The monoisotopic (exact) mass is 289 g/mol. The molecule has 1 unspecified atom stereocenters. The Bertz CT molecular complexity index is 379. The molecular weight excluding hydrogens is 258 g/mol. The average molecular weight is 289 g/mol. The molecule has 2 rings (SSSR count). The maximum absolute atomic E-state index is 5.82. The number of ether oxygens (including phenoxy) is 1. The highest BCUT2D eigenvalue weighted by Crippen LogP contribution is 2.27. The van der Waals surface area contributed by atoms with Crippen molar-refractivity contribution in [1.82, 2.24) is 0 Å². The van der Waals surface area contributed by atoms with Crippen LogP contribution in [0.25, 0.3) is 0 Å². The largest absolute Gasteiger partial charge is 0.494 e. The van der Waals surface area contributed by atoms with Crippen molar-refractivity contribution in [1.29, 1.82) is 0 Å². The van der Waals surface area contributed by atoms with Gasteiger partial charge < -0.3 is 10.5 Å². The molecule has 0 aromatic heterocycles. The molecule has 1 aromatic rings. The molecule has 118 valence electrons. The molecule has 0 bridgehead atoms. The van der Waals surface area contributed by atoms with E-state index in [0.29, 0.717) is 0 Å². The highest BCUT2D eigenvalue weighted by Gasteiger charge is 2.12. The molecule has 2 nitrogen and oxygen atoms in total. The first-order chi connectivity index (χ1) is 10.2. The topological polar surface area (TPSA) is 35.2 Å². The molecule has 0 heterocycles. The first-order valence-corrected chi connectivity index (χ1v) is 8.71. The van der Waals surface area contributed by atoms with E-state index < -0.39 is 0 Å². The van der Waals surface area contributed by atoms with Gasteiger partial charge in [0.15, 0.2) is 0 Å². The summed E-state index contributed by atoms with van der Waals surface area (Å²) in [4.78, 5) is 0. The van der Waals surface area contributed by atoms with Crippen LogP contribution in [0.1, 0.15) is 63.9 Å². The highest BCUT2D eigenvalue weighted by atomic mass is 16.5. The van der Waals surface area contributed by atoms with Crippen molar-refractivity contribution in [3.05, 3.63) is 29.8 Å². The number of unbranched alkanes of at least 4 members (excludes halogenated alkanes) is 1. The lowest BCUT2D eigenvalue weighted by Gasteiger charge is -2.21. The third-order valence-electron chi connectivity index (χ3n) is 4.48. The zero-order chi connectivity index (χ0) is 14.9. The SMILES string of the molecule is CC(N)Cc1ccc(OCCCCC2CCCCC2)cc1. The molecule has 2 heteroatoms. The van der Waals surface area contributed by atoms with Crippen LogP contribution in [0.2, 0.25) is 0 Å². The zero-order valence-electron chi connectivity index (χ0n) is 13.5. The van der Waals surface area contributed by atoms with Gasteiger partial charge in [-0.1, -0.05) is 50.7 Å². The Balaban J connectivity index is 1.57. The summed E-state index contributed by atoms with van der Waals surface area (Å²) < 4.78 is 5.82. The fourth-order valence-corrected chi connectivity index (χ4v) is 3.29. The molecule has 1 aromatic carbocycles. The van der Waals surface area contributed by atoms with Crippen LogP contribution in [0.5, 0.6) is 5.75 Å². The fraction of sp³-hybridized carbons (Fsp3) is 0.684.